The average molecular weight is 407 g/mol. The third-order valence-electron chi connectivity index (χ3n) is 5.14. The third kappa shape index (κ3) is 3.83. The lowest BCUT2D eigenvalue weighted by molar-refractivity contribution is -0.436. The summed E-state index contributed by atoms with van der Waals surface area (Å²) in [6, 6.07) is 5.16. The van der Waals surface area contributed by atoms with Crippen LogP contribution in [0.5, 0.6) is 11.5 Å². The monoisotopic (exact) mass is 407 g/mol. The molecule has 3 aliphatic rings. The molecule has 3 aliphatic heterocycles. The highest BCUT2D eigenvalue weighted by Crippen LogP contribution is 2.42. The quantitative estimate of drug-likeness (QED) is 0.555. The van der Waals surface area contributed by atoms with Gasteiger partial charge in [0.1, 0.15) is 29.8 Å². The molecule has 0 amide bonds. The van der Waals surface area contributed by atoms with Crippen molar-refractivity contribution in [1.82, 2.24) is 0 Å². The van der Waals surface area contributed by atoms with Gasteiger partial charge in [0.2, 0.25) is 6.10 Å². The smallest absolute Gasteiger partial charge is 0.290 e. The SMILES string of the molecule is COc1ccc2c(c1)C=C([N+](=O)[O-])[C@@H]([C@H]1OC(C)(C)O[C@H]1[C@@H]1COC(C)(C)O1)O2. The van der Waals surface area contributed by atoms with Crippen LogP contribution in [0, 0.1) is 10.1 Å². The zero-order valence-electron chi connectivity index (χ0n) is 17.0. The predicted octanol–water partition coefficient (Wildman–Crippen LogP) is 2.75. The second-order valence-electron chi connectivity index (χ2n) is 8.20. The van der Waals surface area contributed by atoms with Gasteiger partial charge in [0.05, 0.1) is 18.6 Å². The van der Waals surface area contributed by atoms with Crippen molar-refractivity contribution in [1.29, 1.82) is 0 Å². The summed E-state index contributed by atoms with van der Waals surface area (Å²) in [6.07, 6.45) is -1.26. The summed E-state index contributed by atoms with van der Waals surface area (Å²) >= 11 is 0. The molecule has 0 spiro atoms. The highest BCUT2D eigenvalue weighted by Gasteiger charge is 2.56. The first kappa shape index (κ1) is 20.1. The van der Waals surface area contributed by atoms with E-state index in [1.165, 1.54) is 13.2 Å². The molecule has 9 nitrogen and oxygen atoms in total. The first-order valence-corrected chi connectivity index (χ1v) is 9.47. The molecule has 9 heteroatoms. The number of benzene rings is 1. The Hall–Kier alpha value is -2.20. The standard InChI is InChI=1S/C20H25NO8/c1-19(2)25-10-15(27-19)17-18(29-20(3,4)28-17)16-13(21(22)23)9-11-8-12(24-5)6-7-14(11)26-16/h6-9,15-18H,10H2,1-5H3/t15-,16-,17-,18+/m0/s1. The van der Waals surface area contributed by atoms with Crippen LogP contribution in [0.1, 0.15) is 33.3 Å². The maximum absolute atomic E-state index is 11.9. The van der Waals surface area contributed by atoms with E-state index in [1.54, 1.807) is 32.0 Å². The minimum absolute atomic E-state index is 0.111. The molecule has 4 atom stereocenters. The van der Waals surface area contributed by atoms with E-state index in [2.05, 4.69) is 0 Å². The van der Waals surface area contributed by atoms with Gasteiger partial charge in [0, 0.05) is 11.6 Å². The maximum atomic E-state index is 11.9. The third-order valence-corrected chi connectivity index (χ3v) is 5.14. The van der Waals surface area contributed by atoms with Crippen molar-refractivity contribution in [2.24, 2.45) is 0 Å². The van der Waals surface area contributed by atoms with E-state index < -0.39 is 40.9 Å². The van der Waals surface area contributed by atoms with E-state index in [4.69, 9.17) is 28.4 Å². The first-order valence-electron chi connectivity index (χ1n) is 9.47. The van der Waals surface area contributed by atoms with Gasteiger partial charge in [-0.05, 0) is 45.9 Å². The largest absolute Gasteiger partial charge is 0.497 e. The Balaban J connectivity index is 1.68. The molecular formula is C20H25NO8. The molecule has 0 bridgehead atoms. The second-order valence-corrected chi connectivity index (χ2v) is 8.20. The number of ether oxygens (including phenoxy) is 6. The maximum Gasteiger partial charge on any atom is 0.290 e. The Morgan fingerprint density at radius 1 is 1.10 bits per heavy atom. The van der Waals surface area contributed by atoms with E-state index in [0.717, 1.165) is 0 Å². The number of rotatable bonds is 4. The molecule has 158 valence electrons. The van der Waals surface area contributed by atoms with Crippen molar-refractivity contribution in [2.45, 2.75) is 63.7 Å². The van der Waals surface area contributed by atoms with E-state index in [9.17, 15) is 10.1 Å². The second kappa shape index (κ2) is 6.94. The Morgan fingerprint density at radius 3 is 2.45 bits per heavy atom. The van der Waals surface area contributed by atoms with E-state index in [-0.39, 0.29) is 5.70 Å². The lowest BCUT2D eigenvalue weighted by Gasteiger charge is -2.30. The van der Waals surface area contributed by atoms with Gasteiger partial charge in [0.25, 0.3) is 5.70 Å². The van der Waals surface area contributed by atoms with Crippen LogP contribution in [0.3, 0.4) is 0 Å². The molecule has 0 N–H and O–H groups in total. The minimum Gasteiger partial charge on any atom is -0.497 e. The normalized spacial score (nSPS) is 32.2. The molecule has 4 rings (SSSR count). The molecule has 0 aromatic heterocycles. The average Bonchev–Trinajstić information content (AvgIpc) is 3.18. The van der Waals surface area contributed by atoms with Crippen molar-refractivity contribution >= 4 is 6.08 Å². The minimum atomic E-state index is -0.968. The van der Waals surface area contributed by atoms with Gasteiger partial charge in [0.15, 0.2) is 11.6 Å². The van der Waals surface area contributed by atoms with Crippen molar-refractivity contribution in [2.75, 3.05) is 13.7 Å². The zero-order chi connectivity index (χ0) is 21.0. The van der Waals surface area contributed by atoms with Crippen LogP contribution in [0.15, 0.2) is 23.9 Å². The number of nitro groups is 1. The van der Waals surface area contributed by atoms with Crippen LogP contribution in [0.4, 0.5) is 0 Å². The van der Waals surface area contributed by atoms with Crippen LogP contribution in [-0.2, 0) is 18.9 Å². The molecule has 2 saturated heterocycles. The Labute approximate surface area is 168 Å². The Bertz CT molecular complexity index is 849. The van der Waals surface area contributed by atoms with E-state index in [0.29, 0.717) is 23.7 Å². The van der Waals surface area contributed by atoms with Crippen LogP contribution in [-0.4, -0.2) is 54.6 Å². The van der Waals surface area contributed by atoms with Crippen LogP contribution < -0.4 is 9.47 Å². The van der Waals surface area contributed by atoms with Gasteiger partial charge in [-0.15, -0.1) is 0 Å². The molecule has 1 aromatic rings. The van der Waals surface area contributed by atoms with Gasteiger partial charge in [-0.2, -0.15) is 0 Å². The van der Waals surface area contributed by atoms with Crippen molar-refractivity contribution in [3.8, 4) is 11.5 Å². The first-order chi connectivity index (χ1) is 13.6. The predicted molar refractivity (Wildman–Crippen MR) is 101 cm³/mol. The number of methoxy groups -OCH3 is 1. The topological polar surface area (TPSA) is 98.5 Å². The molecule has 0 aliphatic carbocycles. The van der Waals surface area contributed by atoms with Gasteiger partial charge in [-0.3, -0.25) is 10.1 Å². The number of nitrogens with zero attached hydrogens (tertiary/aromatic N) is 1. The summed E-state index contributed by atoms with van der Waals surface area (Å²) in [6.45, 7) is 7.44. The summed E-state index contributed by atoms with van der Waals surface area (Å²) in [4.78, 5) is 11.4. The summed E-state index contributed by atoms with van der Waals surface area (Å²) in [5.74, 6) is -0.610. The molecule has 1 aromatic carbocycles. The summed E-state index contributed by atoms with van der Waals surface area (Å²) in [5.41, 5.74) is 0.462. The fourth-order valence-electron chi connectivity index (χ4n) is 3.92. The fourth-order valence-corrected chi connectivity index (χ4v) is 3.92. The van der Waals surface area contributed by atoms with Gasteiger partial charge in [-0.25, -0.2) is 0 Å². The lowest BCUT2D eigenvalue weighted by Crippen LogP contribution is -2.48. The van der Waals surface area contributed by atoms with Crippen molar-refractivity contribution in [3.63, 3.8) is 0 Å². The van der Waals surface area contributed by atoms with Gasteiger partial charge < -0.3 is 28.4 Å². The summed E-state index contributed by atoms with van der Waals surface area (Å²) < 4.78 is 35.0. The Kier molecular flexibility index (Phi) is 4.81. The molecule has 0 saturated carbocycles. The van der Waals surface area contributed by atoms with Gasteiger partial charge >= 0.3 is 0 Å². The Morgan fingerprint density at radius 2 is 1.83 bits per heavy atom. The molecule has 2 fully saturated rings. The highest BCUT2D eigenvalue weighted by atomic mass is 16.8. The number of fused-ring (bicyclic) bond motifs is 1. The fraction of sp³-hybridized carbons (Fsp3) is 0.600. The molecule has 3 heterocycles. The molecule has 0 radical (unpaired) electrons. The zero-order valence-corrected chi connectivity index (χ0v) is 17.0. The number of hydrogen-bond donors (Lipinski definition) is 0. The van der Waals surface area contributed by atoms with Crippen LogP contribution in [0.25, 0.3) is 6.08 Å². The summed E-state index contributed by atoms with van der Waals surface area (Å²) in [7, 11) is 1.54. The van der Waals surface area contributed by atoms with Gasteiger partial charge in [-0.1, -0.05) is 0 Å². The summed E-state index contributed by atoms with van der Waals surface area (Å²) in [5, 5.41) is 11.9. The van der Waals surface area contributed by atoms with Crippen molar-refractivity contribution in [3.05, 3.63) is 39.6 Å². The van der Waals surface area contributed by atoms with E-state index in [1.807, 2.05) is 13.8 Å². The molecule has 29 heavy (non-hydrogen) atoms. The lowest BCUT2D eigenvalue weighted by atomic mass is 9.97. The highest BCUT2D eigenvalue weighted by molar-refractivity contribution is 5.63. The van der Waals surface area contributed by atoms with E-state index >= 15 is 0 Å². The number of hydrogen-bond acceptors (Lipinski definition) is 8. The molecular weight excluding hydrogens is 382 g/mol. The van der Waals surface area contributed by atoms with Crippen molar-refractivity contribution < 1.29 is 33.3 Å². The van der Waals surface area contributed by atoms with Crippen LogP contribution >= 0.6 is 0 Å². The molecule has 0 unspecified atom stereocenters. The van der Waals surface area contributed by atoms with Crippen LogP contribution in [0.2, 0.25) is 0 Å².